The average molecular weight is 370 g/mol. The summed E-state index contributed by atoms with van der Waals surface area (Å²) >= 11 is 0. The van der Waals surface area contributed by atoms with E-state index in [1.807, 2.05) is 12.1 Å². The molecule has 7 heteroatoms. The Morgan fingerprint density at radius 3 is 2.24 bits per heavy atom. The molecule has 2 heterocycles. The van der Waals surface area contributed by atoms with Crippen LogP contribution in [0.2, 0.25) is 0 Å². The van der Waals surface area contributed by atoms with Crippen LogP contribution in [0.5, 0.6) is 0 Å². The summed E-state index contributed by atoms with van der Waals surface area (Å²) in [7, 11) is -3.36. The fourth-order valence-electron chi connectivity index (χ4n) is 3.57. The highest BCUT2D eigenvalue weighted by Crippen LogP contribution is 2.20. The molecule has 1 aromatic carbocycles. The zero-order chi connectivity index (χ0) is 17.9. The van der Waals surface area contributed by atoms with E-state index >= 15 is 0 Å². The molecule has 0 atom stereocenters. The van der Waals surface area contributed by atoms with E-state index in [1.54, 1.807) is 4.31 Å². The maximum absolute atomic E-state index is 13.0. The molecule has 0 spiro atoms. The Kier molecular flexibility index (Phi) is 6.09. The van der Waals surface area contributed by atoms with Crippen molar-refractivity contribution in [3.8, 4) is 0 Å². The fourth-order valence-corrected chi connectivity index (χ4v) is 5.06. The standard InChI is InChI=1S/C18H28FN3O2S/c1-15-6-12-22(13-7-15)25(23,24)20-18-8-10-21(11-9-18)14-16-2-4-17(19)5-3-16/h2-5,15,18,20H,6-14H2,1H3. The molecule has 25 heavy (non-hydrogen) atoms. The molecule has 0 aromatic heterocycles. The first-order valence-corrected chi connectivity index (χ1v) is 10.6. The van der Waals surface area contributed by atoms with Gasteiger partial charge in [0.05, 0.1) is 0 Å². The lowest BCUT2D eigenvalue weighted by atomic mass is 10.0. The largest absolute Gasteiger partial charge is 0.299 e. The van der Waals surface area contributed by atoms with Gasteiger partial charge in [0.25, 0.3) is 10.2 Å². The van der Waals surface area contributed by atoms with E-state index in [9.17, 15) is 12.8 Å². The lowest BCUT2D eigenvalue weighted by Gasteiger charge is -2.35. The zero-order valence-corrected chi connectivity index (χ0v) is 15.6. The predicted octanol–water partition coefficient (Wildman–Crippen LogP) is 2.36. The lowest BCUT2D eigenvalue weighted by molar-refractivity contribution is 0.197. The molecule has 140 valence electrons. The van der Waals surface area contributed by atoms with E-state index in [4.69, 9.17) is 0 Å². The van der Waals surface area contributed by atoms with Crippen LogP contribution in [-0.4, -0.2) is 49.8 Å². The van der Waals surface area contributed by atoms with Gasteiger partial charge in [-0.25, -0.2) is 4.39 Å². The second-order valence-corrected chi connectivity index (χ2v) is 9.08. The van der Waals surface area contributed by atoms with E-state index in [2.05, 4.69) is 16.5 Å². The third kappa shape index (κ3) is 5.23. The molecule has 2 saturated heterocycles. The highest BCUT2D eigenvalue weighted by atomic mass is 32.2. The van der Waals surface area contributed by atoms with Gasteiger partial charge < -0.3 is 0 Å². The molecule has 0 bridgehead atoms. The number of hydrogen-bond donors (Lipinski definition) is 1. The van der Waals surface area contributed by atoms with E-state index in [0.29, 0.717) is 19.0 Å². The lowest BCUT2D eigenvalue weighted by Crippen LogP contribution is -2.51. The van der Waals surface area contributed by atoms with Crippen LogP contribution in [0.15, 0.2) is 24.3 Å². The number of piperidine rings is 2. The zero-order valence-electron chi connectivity index (χ0n) is 14.8. The van der Waals surface area contributed by atoms with E-state index < -0.39 is 10.2 Å². The highest BCUT2D eigenvalue weighted by Gasteiger charge is 2.30. The number of likely N-dealkylation sites (tertiary alicyclic amines) is 1. The van der Waals surface area contributed by atoms with Crippen LogP contribution in [0.3, 0.4) is 0 Å². The number of hydrogen-bond acceptors (Lipinski definition) is 3. The third-order valence-electron chi connectivity index (χ3n) is 5.31. The molecule has 1 aromatic rings. The maximum atomic E-state index is 13.0. The number of halogens is 1. The van der Waals surface area contributed by atoms with Gasteiger partial charge in [-0.15, -0.1) is 0 Å². The molecule has 2 aliphatic heterocycles. The molecule has 0 unspecified atom stereocenters. The SMILES string of the molecule is CC1CCN(S(=O)(=O)NC2CCN(Cc3ccc(F)cc3)CC2)CC1. The molecular weight excluding hydrogens is 341 g/mol. The maximum Gasteiger partial charge on any atom is 0.279 e. The molecule has 0 amide bonds. The van der Waals surface area contributed by atoms with Crippen molar-refractivity contribution in [2.75, 3.05) is 26.2 Å². The van der Waals surface area contributed by atoms with Crippen LogP contribution >= 0.6 is 0 Å². The minimum Gasteiger partial charge on any atom is -0.299 e. The smallest absolute Gasteiger partial charge is 0.279 e. The quantitative estimate of drug-likeness (QED) is 0.867. The number of nitrogens with one attached hydrogen (secondary N) is 1. The molecule has 5 nitrogen and oxygen atoms in total. The molecule has 1 N–H and O–H groups in total. The van der Waals surface area contributed by atoms with Gasteiger partial charge in [-0.1, -0.05) is 19.1 Å². The first kappa shape index (κ1) is 18.8. The van der Waals surface area contributed by atoms with Crippen LogP contribution in [-0.2, 0) is 16.8 Å². The molecule has 0 radical (unpaired) electrons. The Bertz CT molecular complexity index is 649. The first-order valence-electron chi connectivity index (χ1n) is 9.16. The van der Waals surface area contributed by atoms with Gasteiger partial charge in [0.15, 0.2) is 0 Å². The van der Waals surface area contributed by atoms with Gasteiger partial charge in [0.2, 0.25) is 0 Å². The van der Waals surface area contributed by atoms with Crippen LogP contribution in [0.25, 0.3) is 0 Å². The van der Waals surface area contributed by atoms with Crippen LogP contribution in [0.1, 0.15) is 38.2 Å². The third-order valence-corrected chi connectivity index (χ3v) is 6.98. The molecule has 3 rings (SSSR count). The first-order chi connectivity index (χ1) is 11.9. The number of benzene rings is 1. The van der Waals surface area contributed by atoms with Gasteiger partial charge in [0.1, 0.15) is 5.82 Å². The van der Waals surface area contributed by atoms with Gasteiger partial charge in [0, 0.05) is 38.8 Å². The van der Waals surface area contributed by atoms with E-state index in [-0.39, 0.29) is 11.9 Å². The topological polar surface area (TPSA) is 52.7 Å². The molecule has 2 aliphatic rings. The van der Waals surface area contributed by atoms with Crippen molar-refractivity contribution in [1.29, 1.82) is 0 Å². The Hall–Kier alpha value is -1.02. The molecule has 0 saturated carbocycles. The van der Waals surface area contributed by atoms with Gasteiger partial charge >= 0.3 is 0 Å². The average Bonchev–Trinajstić information content (AvgIpc) is 2.59. The molecular formula is C18H28FN3O2S. The summed E-state index contributed by atoms with van der Waals surface area (Å²) in [6.07, 6.45) is 3.50. The van der Waals surface area contributed by atoms with Gasteiger partial charge in [-0.3, -0.25) is 4.90 Å². The highest BCUT2D eigenvalue weighted by molar-refractivity contribution is 7.87. The second-order valence-electron chi connectivity index (χ2n) is 7.38. The van der Waals surface area contributed by atoms with Crippen molar-refractivity contribution in [3.05, 3.63) is 35.6 Å². The van der Waals surface area contributed by atoms with Gasteiger partial charge in [-0.2, -0.15) is 17.4 Å². The van der Waals surface area contributed by atoms with Gasteiger partial charge in [-0.05, 0) is 49.3 Å². The fraction of sp³-hybridized carbons (Fsp3) is 0.667. The monoisotopic (exact) mass is 369 g/mol. The summed E-state index contributed by atoms with van der Waals surface area (Å²) in [6.45, 7) is 5.90. The van der Waals surface area contributed by atoms with Crippen LogP contribution in [0.4, 0.5) is 4.39 Å². The van der Waals surface area contributed by atoms with Crippen LogP contribution < -0.4 is 4.72 Å². The summed E-state index contributed by atoms with van der Waals surface area (Å²) < 4.78 is 42.5. The van der Waals surface area contributed by atoms with E-state index in [1.165, 1.54) is 12.1 Å². The van der Waals surface area contributed by atoms with Crippen molar-refractivity contribution < 1.29 is 12.8 Å². The van der Waals surface area contributed by atoms with Crippen molar-refractivity contribution in [2.24, 2.45) is 5.92 Å². The van der Waals surface area contributed by atoms with Crippen molar-refractivity contribution in [2.45, 2.75) is 45.2 Å². The van der Waals surface area contributed by atoms with Crippen molar-refractivity contribution in [1.82, 2.24) is 13.9 Å². The minimum atomic E-state index is -3.36. The molecule has 0 aliphatic carbocycles. The Labute approximate surface area is 150 Å². The normalized spacial score (nSPS) is 22.3. The number of rotatable bonds is 5. The Morgan fingerprint density at radius 1 is 1.04 bits per heavy atom. The number of nitrogens with zero attached hydrogens (tertiary/aromatic N) is 2. The molecule has 2 fully saturated rings. The Morgan fingerprint density at radius 2 is 1.64 bits per heavy atom. The summed E-state index contributed by atoms with van der Waals surface area (Å²) in [4.78, 5) is 2.29. The van der Waals surface area contributed by atoms with Crippen LogP contribution in [0, 0.1) is 11.7 Å². The van der Waals surface area contributed by atoms with Crippen molar-refractivity contribution >= 4 is 10.2 Å². The Balaban J connectivity index is 1.46. The summed E-state index contributed by atoms with van der Waals surface area (Å²) in [5.41, 5.74) is 1.09. The summed E-state index contributed by atoms with van der Waals surface area (Å²) in [5.74, 6) is 0.394. The van der Waals surface area contributed by atoms with E-state index in [0.717, 1.165) is 50.9 Å². The summed E-state index contributed by atoms with van der Waals surface area (Å²) in [6, 6.07) is 6.59. The van der Waals surface area contributed by atoms with Crippen molar-refractivity contribution in [3.63, 3.8) is 0 Å². The second kappa shape index (κ2) is 8.12. The minimum absolute atomic E-state index is 0.00816. The predicted molar refractivity (Wildman–Crippen MR) is 96.7 cm³/mol. The summed E-state index contributed by atoms with van der Waals surface area (Å²) in [5, 5.41) is 0.